The normalized spacial score (nSPS) is 10.3. The van der Waals surface area contributed by atoms with Crippen molar-refractivity contribution < 1.29 is 0 Å². The summed E-state index contributed by atoms with van der Waals surface area (Å²) < 4.78 is 1.35. The zero-order chi connectivity index (χ0) is 10.7. The highest BCUT2D eigenvalue weighted by atomic mass is 32.1. The Morgan fingerprint density at radius 2 is 2.20 bits per heavy atom. The third-order valence-electron chi connectivity index (χ3n) is 2.27. The molecule has 15 heavy (non-hydrogen) atoms. The number of hydrogen-bond acceptors (Lipinski definition) is 2. The lowest BCUT2D eigenvalue weighted by Crippen LogP contribution is -1.97. The summed E-state index contributed by atoms with van der Waals surface area (Å²) in [4.78, 5) is 0. The van der Waals surface area contributed by atoms with Crippen LogP contribution in [0.3, 0.4) is 0 Å². The summed E-state index contributed by atoms with van der Waals surface area (Å²) in [6, 6.07) is 8.67. The van der Waals surface area contributed by atoms with E-state index in [-0.39, 0.29) is 0 Å². The van der Waals surface area contributed by atoms with Gasteiger partial charge in [-0.15, -0.1) is 11.3 Å². The van der Waals surface area contributed by atoms with Crippen LogP contribution in [0.4, 0.5) is 5.69 Å². The maximum atomic E-state index is 3.39. The van der Waals surface area contributed by atoms with Gasteiger partial charge in [0.05, 0.1) is 0 Å². The second-order valence-electron chi connectivity index (χ2n) is 3.84. The highest BCUT2D eigenvalue weighted by Gasteiger charge is 1.95. The summed E-state index contributed by atoms with van der Waals surface area (Å²) in [6.45, 7) is 5.13. The minimum atomic E-state index is 0.901. The first-order valence-electron chi connectivity index (χ1n) is 5.10. The predicted octanol–water partition coefficient (Wildman–Crippen LogP) is 4.28. The van der Waals surface area contributed by atoms with Gasteiger partial charge in [0.2, 0.25) is 0 Å². The average Bonchev–Trinajstić information content (AvgIpc) is 2.64. The Balaban J connectivity index is 2.11. The van der Waals surface area contributed by atoms with E-state index in [1.54, 1.807) is 11.3 Å². The van der Waals surface area contributed by atoms with Gasteiger partial charge in [-0.05, 0) is 48.9 Å². The van der Waals surface area contributed by atoms with E-state index in [0.717, 1.165) is 6.54 Å². The molecule has 78 valence electrons. The number of rotatable bonds is 3. The lowest BCUT2D eigenvalue weighted by Gasteiger charge is -2.03. The van der Waals surface area contributed by atoms with E-state index < -0.39 is 0 Å². The van der Waals surface area contributed by atoms with Crippen molar-refractivity contribution in [3.05, 3.63) is 41.3 Å². The predicted molar refractivity (Wildman–Crippen MR) is 69.7 cm³/mol. The van der Waals surface area contributed by atoms with Crippen LogP contribution in [0.25, 0.3) is 10.1 Å². The molecular formula is C13H15NS. The summed E-state index contributed by atoms with van der Waals surface area (Å²) in [7, 11) is 0. The van der Waals surface area contributed by atoms with Crippen LogP contribution < -0.4 is 5.32 Å². The molecule has 0 saturated heterocycles. The number of anilines is 1. The van der Waals surface area contributed by atoms with E-state index in [4.69, 9.17) is 0 Å². The number of hydrogen-bond donors (Lipinski definition) is 1. The zero-order valence-corrected chi connectivity index (χ0v) is 9.90. The first-order valence-corrected chi connectivity index (χ1v) is 5.98. The molecule has 0 saturated carbocycles. The molecular weight excluding hydrogens is 202 g/mol. The molecule has 0 spiro atoms. The fourth-order valence-corrected chi connectivity index (χ4v) is 2.22. The molecule has 2 aromatic rings. The van der Waals surface area contributed by atoms with E-state index in [9.17, 15) is 0 Å². The van der Waals surface area contributed by atoms with Gasteiger partial charge in [0.1, 0.15) is 0 Å². The summed E-state index contributed by atoms with van der Waals surface area (Å²) in [5.41, 5.74) is 2.54. The van der Waals surface area contributed by atoms with Gasteiger partial charge < -0.3 is 5.32 Å². The molecule has 0 unspecified atom stereocenters. The van der Waals surface area contributed by atoms with E-state index in [1.165, 1.54) is 21.3 Å². The van der Waals surface area contributed by atoms with E-state index in [2.05, 4.69) is 54.9 Å². The Labute approximate surface area is 94.4 Å². The average molecular weight is 217 g/mol. The fraction of sp³-hybridized carbons (Fsp3) is 0.231. The quantitative estimate of drug-likeness (QED) is 0.757. The van der Waals surface area contributed by atoms with Crippen molar-refractivity contribution in [2.24, 2.45) is 0 Å². The van der Waals surface area contributed by atoms with Crippen LogP contribution in [0.2, 0.25) is 0 Å². The minimum Gasteiger partial charge on any atom is -0.382 e. The maximum absolute atomic E-state index is 3.39. The van der Waals surface area contributed by atoms with E-state index in [1.807, 2.05) is 0 Å². The van der Waals surface area contributed by atoms with Crippen molar-refractivity contribution in [1.29, 1.82) is 0 Å². The number of fused-ring (bicyclic) bond motifs is 1. The van der Waals surface area contributed by atoms with Crippen LogP contribution in [-0.4, -0.2) is 6.54 Å². The highest BCUT2D eigenvalue weighted by Crippen LogP contribution is 2.23. The van der Waals surface area contributed by atoms with Gasteiger partial charge in [-0.3, -0.25) is 0 Å². The minimum absolute atomic E-state index is 0.901. The third-order valence-corrected chi connectivity index (χ3v) is 3.17. The Hall–Kier alpha value is -1.28. The molecule has 1 heterocycles. The van der Waals surface area contributed by atoms with Gasteiger partial charge in [-0.2, -0.15) is 0 Å². The van der Waals surface area contributed by atoms with Crippen molar-refractivity contribution >= 4 is 27.1 Å². The van der Waals surface area contributed by atoms with Gasteiger partial charge in [-0.25, -0.2) is 0 Å². The number of thiophene rings is 1. The van der Waals surface area contributed by atoms with Crippen LogP contribution in [-0.2, 0) is 0 Å². The van der Waals surface area contributed by atoms with E-state index in [0.29, 0.717) is 0 Å². The Kier molecular flexibility index (Phi) is 3.07. The summed E-state index contributed by atoms with van der Waals surface area (Å²) in [5.74, 6) is 0. The zero-order valence-electron chi connectivity index (χ0n) is 9.08. The van der Waals surface area contributed by atoms with Crippen molar-refractivity contribution in [3.8, 4) is 0 Å². The SMILES string of the molecule is CC(C)=CCNc1ccc2sccc2c1. The Morgan fingerprint density at radius 3 is 3.00 bits per heavy atom. The summed E-state index contributed by atoms with van der Waals surface area (Å²) in [5, 5.41) is 6.84. The molecule has 1 aromatic heterocycles. The van der Waals surface area contributed by atoms with Gasteiger partial charge in [0.25, 0.3) is 0 Å². The lowest BCUT2D eigenvalue weighted by molar-refractivity contribution is 1.27. The van der Waals surface area contributed by atoms with Gasteiger partial charge in [-0.1, -0.05) is 11.6 Å². The van der Waals surface area contributed by atoms with Gasteiger partial charge >= 0.3 is 0 Å². The molecule has 0 aliphatic carbocycles. The first-order chi connectivity index (χ1) is 7.25. The summed E-state index contributed by atoms with van der Waals surface area (Å²) in [6.07, 6.45) is 2.19. The number of allylic oxidation sites excluding steroid dienone is 1. The lowest BCUT2D eigenvalue weighted by atomic mass is 10.2. The van der Waals surface area contributed by atoms with Gasteiger partial charge in [0, 0.05) is 16.9 Å². The smallest absolute Gasteiger partial charge is 0.0349 e. The second kappa shape index (κ2) is 4.49. The Bertz CT molecular complexity index is 478. The molecule has 2 heteroatoms. The molecule has 0 aliphatic heterocycles. The molecule has 1 nitrogen and oxygen atoms in total. The van der Waals surface area contributed by atoms with E-state index >= 15 is 0 Å². The molecule has 2 rings (SSSR count). The van der Waals surface area contributed by atoms with Gasteiger partial charge in [0.15, 0.2) is 0 Å². The monoisotopic (exact) mass is 217 g/mol. The van der Waals surface area contributed by atoms with Crippen molar-refractivity contribution in [2.45, 2.75) is 13.8 Å². The molecule has 0 atom stereocenters. The fourth-order valence-electron chi connectivity index (χ4n) is 1.45. The molecule has 0 fully saturated rings. The van der Waals surface area contributed by atoms with Crippen molar-refractivity contribution in [1.82, 2.24) is 0 Å². The van der Waals surface area contributed by atoms with Crippen LogP contribution in [0.5, 0.6) is 0 Å². The second-order valence-corrected chi connectivity index (χ2v) is 4.78. The number of benzene rings is 1. The third kappa shape index (κ3) is 2.60. The van der Waals surface area contributed by atoms with Crippen LogP contribution >= 0.6 is 11.3 Å². The molecule has 0 amide bonds. The largest absolute Gasteiger partial charge is 0.382 e. The Morgan fingerprint density at radius 1 is 1.33 bits per heavy atom. The van der Waals surface area contributed by atoms with Crippen LogP contribution in [0.15, 0.2) is 41.3 Å². The molecule has 0 bridgehead atoms. The van der Waals surface area contributed by atoms with Crippen LogP contribution in [0.1, 0.15) is 13.8 Å². The standard InChI is InChI=1S/C13H15NS/c1-10(2)5-7-14-12-3-4-13-11(9-12)6-8-15-13/h3-6,8-9,14H,7H2,1-2H3. The highest BCUT2D eigenvalue weighted by molar-refractivity contribution is 7.17. The number of nitrogens with one attached hydrogen (secondary N) is 1. The maximum Gasteiger partial charge on any atom is 0.0349 e. The summed E-state index contributed by atoms with van der Waals surface area (Å²) >= 11 is 1.79. The molecule has 1 N–H and O–H groups in total. The molecule has 0 aliphatic rings. The molecule has 1 aromatic carbocycles. The van der Waals surface area contributed by atoms with Crippen LogP contribution in [0, 0.1) is 0 Å². The topological polar surface area (TPSA) is 12.0 Å². The first kappa shape index (κ1) is 10.2. The molecule has 0 radical (unpaired) electrons. The van der Waals surface area contributed by atoms with Crippen molar-refractivity contribution in [3.63, 3.8) is 0 Å². The van der Waals surface area contributed by atoms with Crippen molar-refractivity contribution in [2.75, 3.05) is 11.9 Å².